The van der Waals surface area contributed by atoms with E-state index in [1.54, 1.807) is 16.7 Å². The maximum Gasteiger partial charge on any atom is 0.285 e. The van der Waals surface area contributed by atoms with Gasteiger partial charge in [0.2, 0.25) is 5.36 Å². The SMILES string of the molecule is C[N+](C)=c1ccn(P=O)cc1. The summed E-state index contributed by atoms with van der Waals surface area (Å²) >= 11 is 0. The Morgan fingerprint density at radius 1 is 1.36 bits per heavy atom. The normalized spacial score (nSPS) is 10.0. The molecular formula is C7H10N2OP+. The van der Waals surface area contributed by atoms with Crippen LogP contribution in [0.25, 0.3) is 0 Å². The van der Waals surface area contributed by atoms with Gasteiger partial charge in [-0.1, -0.05) is 0 Å². The standard InChI is InChI=1S/C7H10N2OP/c1-8(2)7-3-5-9(11-10)6-4-7/h3-6H,1-2H3/q+1. The Bertz CT molecular complexity index is 305. The predicted octanol–water partition coefficient (Wildman–Crippen LogP) is 0.575. The number of hydrogen-bond acceptors (Lipinski definition) is 1. The minimum atomic E-state index is 0.00274. The third kappa shape index (κ3) is 1.99. The highest BCUT2D eigenvalue weighted by Gasteiger charge is 1.89. The van der Waals surface area contributed by atoms with E-state index < -0.39 is 0 Å². The van der Waals surface area contributed by atoms with Gasteiger partial charge in [0.1, 0.15) is 14.1 Å². The van der Waals surface area contributed by atoms with Crippen molar-refractivity contribution < 1.29 is 4.57 Å². The zero-order valence-electron chi connectivity index (χ0n) is 6.56. The van der Waals surface area contributed by atoms with Crippen LogP contribution in [0.4, 0.5) is 0 Å². The van der Waals surface area contributed by atoms with Crippen LogP contribution in [0.1, 0.15) is 0 Å². The van der Waals surface area contributed by atoms with E-state index >= 15 is 0 Å². The second-order valence-corrected chi connectivity index (χ2v) is 3.04. The zero-order valence-corrected chi connectivity index (χ0v) is 7.45. The predicted molar refractivity (Wildman–Crippen MR) is 44.6 cm³/mol. The van der Waals surface area contributed by atoms with E-state index in [1.807, 2.05) is 30.8 Å². The van der Waals surface area contributed by atoms with Crippen LogP contribution in [0.3, 0.4) is 0 Å². The molecule has 0 aliphatic carbocycles. The van der Waals surface area contributed by atoms with E-state index in [2.05, 4.69) is 0 Å². The summed E-state index contributed by atoms with van der Waals surface area (Å²) in [7, 11) is 3.94. The highest BCUT2D eigenvalue weighted by Crippen LogP contribution is 1.95. The first-order chi connectivity index (χ1) is 5.24. The second-order valence-electron chi connectivity index (χ2n) is 2.41. The summed E-state index contributed by atoms with van der Waals surface area (Å²) < 4.78 is 13.9. The summed E-state index contributed by atoms with van der Waals surface area (Å²) in [5, 5.41) is 1.10. The first kappa shape index (κ1) is 8.15. The molecule has 4 heteroatoms. The lowest BCUT2D eigenvalue weighted by atomic mass is 10.5. The van der Waals surface area contributed by atoms with Crippen molar-refractivity contribution in [1.82, 2.24) is 8.91 Å². The van der Waals surface area contributed by atoms with Crippen LogP contribution >= 0.6 is 8.61 Å². The summed E-state index contributed by atoms with van der Waals surface area (Å²) in [6, 6.07) is 3.82. The van der Waals surface area contributed by atoms with Gasteiger partial charge in [0, 0.05) is 24.5 Å². The maximum atomic E-state index is 10.3. The first-order valence-electron chi connectivity index (χ1n) is 3.26. The third-order valence-electron chi connectivity index (χ3n) is 1.41. The molecule has 1 heterocycles. The van der Waals surface area contributed by atoms with Gasteiger partial charge in [-0.05, 0) is 0 Å². The van der Waals surface area contributed by atoms with Crippen LogP contribution in [0.5, 0.6) is 0 Å². The molecule has 0 unspecified atom stereocenters. The lowest BCUT2D eigenvalue weighted by Gasteiger charge is -1.90. The van der Waals surface area contributed by atoms with Crippen molar-refractivity contribution in [2.24, 2.45) is 0 Å². The molecule has 1 aromatic rings. The van der Waals surface area contributed by atoms with Gasteiger partial charge >= 0.3 is 0 Å². The third-order valence-corrected chi connectivity index (χ3v) is 1.86. The molecule has 0 atom stereocenters. The van der Waals surface area contributed by atoms with Crippen molar-refractivity contribution >= 4 is 8.61 Å². The van der Waals surface area contributed by atoms with Crippen LogP contribution in [0, 0.1) is 0 Å². The van der Waals surface area contributed by atoms with E-state index in [-0.39, 0.29) is 8.61 Å². The molecule has 0 saturated carbocycles. The number of rotatable bonds is 1. The molecule has 0 bridgehead atoms. The molecule has 0 N–H and O–H groups in total. The van der Waals surface area contributed by atoms with Gasteiger partial charge in [-0.3, -0.25) is 4.34 Å². The molecule has 0 aliphatic heterocycles. The Morgan fingerprint density at radius 2 is 1.91 bits per heavy atom. The summed E-state index contributed by atoms with van der Waals surface area (Å²) in [4.78, 5) is 0. The van der Waals surface area contributed by atoms with Gasteiger partial charge in [-0.15, -0.1) is 0 Å². The summed E-state index contributed by atoms with van der Waals surface area (Å²) in [6.45, 7) is 0. The molecule has 0 spiro atoms. The number of nitrogens with zero attached hydrogens (tertiary/aromatic N) is 2. The van der Waals surface area contributed by atoms with E-state index in [0.717, 1.165) is 5.36 Å². The average Bonchev–Trinajstić information content (AvgIpc) is 2.05. The highest BCUT2D eigenvalue weighted by atomic mass is 31.1. The fourth-order valence-electron chi connectivity index (χ4n) is 0.763. The van der Waals surface area contributed by atoms with Crippen molar-refractivity contribution in [2.75, 3.05) is 14.1 Å². The summed E-state index contributed by atoms with van der Waals surface area (Å²) in [5.74, 6) is 0. The molecular weight excluding hydrogens is 159 g/mol. The minimum Gasteiger partial charge on any atom is -0.274 e. The van der Waals surface area contributed by atoms with Crippen LogP contribution in [-0.4, -0.2) is 18.4 Å². The van der Waals surface area contributed by atoms with Gasteiger partial charge in [0.15, 0.2) is 0 Å². The Hall–Kier alpha value is -0.950. The molecule has 11 heavy (non-hydrogen) atoms. The fourth-order valence-corrected chi connectivity index (χ4v) is 1.01. The minimum absolute atomic E-state index is 0.00274. The van der Waals surface area contributed by atoms with Gasteiger partial charge in [-0.25, -0.2) is 9.14 Å². The summed E-state index contributed by atoms with van der Waals surface area (Å²) in [6.07, 6.45) is 3.54. The van der Waals surface area contributed by atoms with Crippen molar-refractivity contribution in [2.45, 2.75) is 0 Å². The molecule has 1 aromatic heterocycles. The average molecular weight is 169 g/mol. The molecule has 0 amide bonds. The Kier molecular flexibility index (Phi) is 2.55. The van der Waals surface area contributed by atoms with E-state index in [1.165, 1.54) is 0 Å². The first-order valence-corrected chi connectivity index (χ1v) is 4.03. The number of pyridine rings is 1. The lowest BCUT2D eigenvalue weighted by Crippen LogP contribution is -2.20. The molecule has 0 radical (unpaired) electrons. The van der Waals surface area contributed by atoms with Crippen LogP contribution < -0.4 is 9.93 Å². The molecule has 58 valence electrons. The Balaban J connectivity index is 3.21. The van der Waals surface area contributed by atoms with E-state index in [4.69, 9.17) is 0 Å². The van der Waals surface area contributed by atoms with Crippen LogP contribution in [-0.2, 0) is 4.57 Å². The Labute approximate surface area is 66.9 Å². The summed E-state index contributed by atoms with van der Waals surface area (Å²) in [5.41, 5.74) is 0. The quantitative estimate of drug-likeness (QED) is 0.445. The van der Waals surface area contributed by atoms with Gasteiger partial charge in [0.05, 0.1) is 0 Å². The topological polar surface area (TPSA) is 25.0 Å². The number of hydrogen-bond donors (Lipinski definition) is 0. The smallest absolute Gasteiger partial charge is 0.274 e. The van der Waals surface area contributed by atoms with Crippen molar-refractivity contribution in [3.63, 3.8) is 0 Å². The Morgan fingerprint density at radius 3 is 2.27 bits per heavy atom. The van der Waals surface area contributed by atoms with Crippen molar-refractivity contribution in [1.29, 1.82) is 0 Å². The monoisotopic (exact) mass is 169 g/mol. The molecule has 3 nitrogen and oxygen atoms in total. The molecule has 0 aliphatic rings. The van der Waals surface area contributed by atoms with Gasteiger partial charge < -0.3 is 0 Å². The lowest BCUT2D eigenvalue weighted by molar-refractivity contribution is 0.594. The fraction of sp³-hybridized carbons (Fsp3) is 0.286. The molecule has 1 rings (SSSR count). The van der Waals surface area contributed by atoms with Crippen LogP contribution in [0.2, 0.25) is 0 Å². The van der Waals surface area contributed by atoms with E-state index in [0.29, 0.717) is 0 Å². The van der Waals surface area contributed by atoms with Gasteiger partial charge in [-0.2, -0.15) is 0 Å². The molecule has 0 saturated heterocycles. The van der Waals surface area contributed by atoms with Gasteiger partial charge in [0.25, 0.3) is 8.61 Å². The zero-order chi connectivity index (χ0) is 8.27. The molecule has 0 fully saturated rings. The number of aromatic nitrogens is 1. The second kappa shape index (κ2) is 3.44. The van der Waals surface area contributed by atoms with Crippen LogP contribution in [0.15, 0.2) is 24.5 Å². The molecule has 0 aromatic carbocycles. The maximum absolute atomic E-state index is 10.3. The van der Waals surface area contributed by atoms with Crippen molar-refractivity contribution in [3.8, 4) is 0 Å². The van der Waals surface area contributed by atoms with Crippen molar-refractivity contribution in [3.05, 3.63) is 29.9 Å². The van der Waals surface area contributed by atoms with E-state index in [9.17, 15) is 4.57 Å². The largest absolute Gasteiger partial charge is 0.285 e. The highest BCUT2D eigenvalue weighted by molar-refractivity contribution is 7.21.